The molecule has 0 fully saturated rings. The van der Waals surface area contributed by atoms with Crippen LogP contribution in [0.2, 0.25) is 0 Å². The van der Waals surface area contributed by atoms with Gasteiger partial charge in [-0.05, 0) is 64.4 Å². The molecule has 2 aromatic carbocycles. The van der Waals surface area contributed by atoms with Gasteiger partial charge in [0.05, 0.1) is 0 Å². The number of rotatable bonds is 5. The van der Waals surface area contributed by atoms with Crippen LogP contribution in [0, 0.1) is 3.57 Å². The molecule has 2 aromatic rings. The summed E-state index contributed by atoms with van der Waals surface area (Å²) in [6.07, 6.45) is 0. The molecule has 0 aliphatic rings. The molecule has 0 heterocycles. The fraction of sp³-hybridized carbons (Fsp3) is 0.235. The summed E-state index contributed by atoms with van der Waals surface area (Å²) >= 11 is 2.21. The van der Waals surface area contributed by atoms with E-state index in [4.69, 9.17) is 4.74 Å². The number of carbonyl (C=O) groups is 1. The van der Waals surface area contributed by atoms with Crippen molar-refractivity contribution in [2.45, 2.75) is 19.8 Å². The maximum Gasteiger partial charge on any atom is 0.262 e. The molecular weight excluding hydrogens is 377 g/mol. The van der Waals surface area contributed by atoms with Crippen molar-refractivity contribution < 1.29 is 9.53 Å². The Morgan fingerprint density at radius 3 is 2.67 bits per heavy atom. The third-order valence-corrected chi connectivity index (χ3v) is 3.67. The third-order valence-electron chi connectivity index (χ3n) is 3.00. The van der Waals surface area contributed by atoms with E-state index < -0.39 is 0 Å². The van der Waals surface area contributed by atoms with Crippen molar-refractivity contribution in [1.29, 1.82) is 0 Å². The van der Waals surface area contributed by atoms with Gasteiger partial charge < -0.3 is 10.1 Å². The summed E-state index contributed by atoms with van der Waals surface area (Å²) < 4.78 is 6.56. The zero-order chi connectivity index (χ0) is 15.2. The Hall–Kier alpha value is -1.56. The van der Waals surface area contributed by atoms with Gasteiger partial charge in [-0.25, -0.2) is 0 Å². The van der Waals surface area contributed by atoms with Crippen molar-refractivity contribution in [3.05, 3.63) is 57.7 Å². The Morgan fingerprint density at radius 2 is 1.95 bits per heavy atom. The summed E-state index contributed by atoms with van der Waals surface area (Å²) in [7, 11) is 0. The van der Waals surface area contributed by atoms with Crippen LogP contribution in [-0.2, 0) is 4.79 Å². The topological polar surface area (TPSA) is 38.3 Å². The molecule has 3 nitrogen and oxygen atoms in total. The molecular formula is C17H18INO2. The highest BCUT2D eigenvalue weighted by molar-refractivity contribution is 14.1. The van der Waals surface area contributed by atoms with E-state index in [1.165, 1.54) is 5.56 Å². The molecule has 0 atom stereocenters. The molecule has 0 aliphatic heterocycles. The average molecular weight is 395 g/mol. The molecule has 1 amide bonds. The van der Waals surface area contributed by atoms with Crippen LogP contribution in [0.4, 0.5) is 5.69 Å². The van der Waals surface area contributed by atoms with E-state index in [-0.39, 0.29) is 12.5 Å². The first-order valence-electron chi connectivity index (χ1n) is 6.83. The first kappa shape index (κ1) is 15.8. The SMILES string of the molecule is CC(C)c1cccc(NC(=O)COc2cccc(I)c2)c1. The van der Waals surface area contributed by atoms with Crippen LogP contribution in [0.1, 0.15) is 25.3 Å². The summed E-state index contributed by atoms with van der Waals surface area (Å²) in [5.41, 5.74) is 2.00. The van der Waals surface area contributed by atoms with E-state index in [0.29, 0.717) is 11.7 Å². The number of carbonyl (C=O) groups excluding carboxylic acids is 1. The van der Waals surface area contributed by atoms with E-state index in [1.807, 2.05) is 42.5 Å². The maximum atomic E-state index is 11.9. The largest absolute Gasteiger partial charge is 0.484 e. The number of nitrogens with one attached hydrogen (secondary N) is 1. The fourth-order valence-corrected chi connectivity index (χ4v) is 2.39. The molecule has 110 valence electrons. The lowest BCUT2D eigenvalue weighted by atomic mass is 10.0. The normalized spacial score (nSPS) is 10.5. The van der Waals surface area contributed by atoms with Crippen molar-refractivity contribution in [3.63, 3.8) is 0 Å². The molecule has 0 bridgehead atoms. The van der Waals surface area contributed by atoms with E-state index in [0.717, 1.165) is 9.26 Å². The van der Waals surface area contributed by atoms with Gasteiger partial charge >= 0.3 is 0 Å². The zero-order valence-electron chi connectivity index (χ0n) is 12.1. The van der Waals surface area contributed by atoms with Gasteiger partial charge in [-0.3, -0.25) is 4.79 Å². The number of hydrogen-bond donors (Lipinski definition) is 1. The van der Waals surface area contributed by atoms with Gasteiger partial charge in [-0.1, -0.05) is 32.0 Å². The highest BCUT2D eigenvalue weighted by Gasteiger charge is 2.06. The van der Waals surface area contributed by atoms with Crippen LogP contribution in [0.5, 0.6) is 5.75 Å². The van der Waals surface area contributed by atoms with Gasteiger partial charge in [0.2, 0.25) is 0 Å². The highest BCUT2D eigenvalue weighted by atomic mass is 127. The van der Waals surface area contributed by atoms with Gasteiger partial charge in [-0.2, -0.15) is 0 Å². The van der Waals surface area contributed by atoms with Crippen molar-refractivity contribution in [2.24, 2.45) is 0 Å². The third kappa shape index (κ3) is 5.04. The summed E-state index contributed by atoms with van der Waals surface area (Å²) in [5, 5.41) is 2.86. The average Bonchev–Trinajstić information content (AvgIpc) is 2.45. The van der Waals surface area contributed by atoms with Crippen molar-refractivity contribution >= 4 is 34.2 Å². The Morgan fingerprint density at radius 1 is 1.19 bits per heavy atom. The van der Waals surface area contributed by atoms with Crippen LogP contribution in [-0.4, -0.2) is 12.5 Å². The molecule has 4 heteroatoms. The lowest BCUT2D eigenvalue weighted by Gasteiger charge is -2.10. The first-order chi connectivity index (χ1) is 10.0. The maximum absolute atomic E-state index is 11.9. The van der Waals surface area contributed by atoms with Crippen molar-refractivity contribution in [1.82, 2.24) is 0 Å². The molecule has 1 N–H and O–H groups in total. The molecule has 0 saturated heterocycles. The second-order valence-electron chi connectivity index (χ2n) is 5.07. The molecule has 21 heavy (non-hydrogen) atoms. The van der Waals surface area contributed by atoms with Gasteiger partial charge in [-0.15, -0.1) is 0 Å². The van der Waals surface area contributed by atoms with Crippen LogP contribution in [0.3, 0.4) is 0 Å². The Balaban J connectivity index is 1.91. The van der Waals surface area contributed by atoms with E-state index in [2.05, 4.69) is 47.8 Å². The van der Waals surface area contributed by atoms with E-state index in [9.17, 15) is 4.79 Å². The minimum Gasteiger partial charge on any atom is -0.484 e. The number of amides is 1. The molecule has 2 rings (SSSR count). The summed E-state index contributed by atoms with van der Waals surface area (Å²) in [6, 6.07) is 15.5. The predicted octanol–water partition coefficient (Wildman–Crippen LogP) is 4.43. The van der Waals surface area contributed by atoms with Gasteiger partial charge in [0.1, 0.15) is 5.75 Å². The highest BCUT2D eigenvalue weighted by Crippen LogP contribution is 2.19. The van der Waals surface area contributed by atoms with Crippen LogP contribution >= 0.6 is 22.6 Å². The van der Waals surface area contributed by atoms with Crippen LogP contribution in [0.25, 0.3) is 0 Å². The molecule has 0 aliphatic carbocycles. The van der Waals surface area contributed by atoms with Gasteiger partial charge in [0.25, 0.3) is 5.91 Å². The number of benzene rings is 2. The molecule has 0 saturated carbocycles. The Labute approximate surface area is 138 Å². The summed E-state index contributed by atoms with van der Waals surface area (Å²) in [4.78, 5) is 11.9. The summed E-state index contributed by atoms with van der Waals surface area (Å²) in [5.74, 6) is 0.979. The predicted molar refractivity (Wildman–Crippen MR) is 93.8 cm³/mol. The molecule has 0 unspecified atom stereocenters. The zero-order valence-corrected chi connectivity index (χ0v) is 14.3. The van der Waals surface area contributed by atoms with Crippen molar-refractivity contribution in [2.75, 3.05) is 11.9 Å². The minimum absolute atomic E-state index is 0.00595. The van der Waals surface area contributed by atoms with E-state index in [1.54, 1.807) is 0 Å². The fourth-order valence-electron chi connectivity index (χ4n) is 1.88. The quantitative estimate of drug-likeness (QED) is 0.761. The molecule has 0 radical (unpaired) electrons. The van der Waals surface area contributed by atoms with E-state index >= 15 is 0 Å². The Bertz CT molecular complexity index is 626. The summed E-state index contributed by atoms with van der Waals surface area (Å²) in [6.45, 7) is 4.26. The number of hydrogen-bond acceptors (Lipinski definition) is 2. The number of anilines is 1. The second kappa shape index (κ2) is 7.45. The lowest BCUT2D eigenvalue weighted by Crippen LogP contribution is -2.20. The number of ether oxygens (including phenoxy) is 1. The smallest absolute Gasteiger partial charge is 0.262 e. The molecule has 0 spiro atoms. The van der Waals surface area contributed by atoms with Crippen LogP contribution < -0.4 is 10.1 Å². The minimum atomic E-state index is -0.158. The Kier molecular flexibility index (Phi) is 5.61. The standard InChI is InChI=1S/C17H18INO2/c1-12(2)13-5-3-7-15(9-13)19-17(20)11-21-16-8-4-6-14(18)10-16/h3-10,12H,11H2,1-2H3,(H,19,20). The lowest BCUT2D eigenvalue weighted by molar-refractivity contribution is -0.118. The monoisotopic (exact) mass is 395 g/mol. The second-order valence-corrected chi connectivity index (χ2v) is 6.32. The van der Waals surface area contributed by atoms with Gasteiger partial charge in [0.15, 0.2) is 6.61 Å². The first-order valence-corrected chi connectivity index (χ1v) is 7.90. The number of halogens is 1. The van der Waals surface area contributed by atoms with Crippen molar-refractivity contribution in [3.8, 4) is 5.75 Å². The van der Waals surface area contributed by atoms with Gasteiger partial charge in [0, 0.05) is 9.26 Å². The van der Waals surface area contributed by atoms with Crippen LogP contribution in [0.15, 0.2) is 48.5 Å². The molecule has 0 aromatic heterocycles.